The Labute approximate surface area is 245 Å². The van der Waals surface area contributed by atoms with Crippen LogP contribution in [0.25, 0.3) is 0 Å². The van der Waals surface area contributed by atoms with Gasteiger partial charge in [0.15, 0.2) is 12.6 Å². The first-order valence-electron chi connectivity index (χ1n) is 15.7. The van der Waals surface area contributed by atoms with Gasteiger partial charge in [0.1, 0.15) is 0 Å². The topological polar surface area (TPSA) is 66.5 Å². The van der Waals surface area contributed by atoms with Crippen LogP contribution in [0.5, 0.6) is 0 Å². The smallest absolute Gasteiger partial charge is 0.245 e. The number of ether oxygens (including phenoxy) is 5. The van der Waals surface area contributed by atoms with Gasteiger partial charge in [0, 0.05) is 19.6 Å². The molecule has 3 saturated heterocycles. The normalized spacial score (nSPS) is 32.1. The SMILES string of the molecule is C=C1CC[C@H](CCCCc2ccccc2)[C@H]1C[C@H]1OC1CCC(OC1CCCCO1)(OC1CCCCO1)C(=O)S. The van der Waals surface area contributed by atoms with Crippen molar-refractivity contribution >= 4 is 17.7 Å². The summed E-state index contributed by atoms with van der Waals surface area (Å²) < 4.78 is 30.4. The van der Waals surface area contributed by atoms with E-state index in [4.69, 9.17) is 23.7 Å². The highest BCUT2D eigenvalue weighted by Gasteiger charge is 2.49. The molecule has 3 aliphatic heterocycles. The number of carbonyl (C=O) groups is 1. The lowest BCUT2D eigenvalue weighted by atomic mass is 9.85. The van der Waals surface area contributed by atoms with E-state index in [0.29, 0.717) is 37.9 Å². The van der Waals surface area contributed by atoms with Crippen LogP contribution in [0.2, 0.25) is 0 Å². The molecule has 0 radical (unpaired) electrons. The highest BCUT2D eigenvalue weighted by atomic mass is 32.1. The summed E-state index contributed by atoms with van der Waals surface area (Å²) in [6.45, 7) is 5.69. The monoisotopic (exact) mass is 572 g/mol. The summed E-state index contributed by atoms with van der Waals surface area (Å²) in [7, 11) is 0. The third-order valence-electron chi connectivity index (χ3n) is 9.24. The minimum atomic E-state index is -1.48. The van der Waals surface area contributed by atoms with Crippen molar-refractivity contribution in [2.45, 2.75) is 127 Å². The molecular formula is C33H48O6S. The molecule has 6 atom stereocenters. The fourth-order valence-electron chi connectivity index (χ4n) is 6.78. The van der Waals surface area contributed by atoms with E-state index in [2.05, 4.69) is 49.5 Å². The molecule has 0 spiro atoms. The van der Waals surface area contributed by atoms with Crippen LogP contribution >= 0.6 is 12.6 Å². The van der Waals surface area contributed by atoms with Crippen LogP contribution in [0.3, 0.4) is 0 Å². The Balaban J connectivity index is 1.12. The van der Waals surface area contributed by atoms with Gasteiger partial charge in [-0.3, -0.25) is 4.79 Å². The third-order valence-corrected chi connectivity index (χ3v) is 9.58. The van der Waals surface area contributed by atoms with Gasteiger partial charge in [0.05, 0.1) is 12.2 Å². The number of hydrogen-bond acceptors (Lipinski definition) is 6. The Morgan fingerprint density at radius 3 is 2.25 bits per heavy atom. The summed E-state index contributed by atoms with van der Waals surface area (Å²) in [5, 5.41) is -0.423. The Kier molecular flexibility index (Phi) is 11.2. The van der Waals surface area contributed by atoms with Crippen molar-refractivity contribution in [1.29, 1.82) is 0 Å². The van der Waals surface area contributed by atoms with Crippen molar-refractivity contribution in [2.75, 3.05) is 13.2 Å². The number of benzene rings is 1. The van der Waals surface area contributed by atoms with Crippen molar-refractivity contribution in [2.24, 2.45) is 11.8 Å². The average molecular weight is 573 g/mol. The molecule has 4 aliphatic rings. The van der Waals surface area contributed by atoms with Gasteiger partial charge in [-0.25, -0.2) is 0 Å². The number of allylic oxidation sites excluding steroid dienone is 1. The highest BCUT2D eigenvalue weighted by Crippen LogP contribution is 2.46. The highest BCUT2D eigenvalue weighted by molar-refractivity contribution is 7.96. The first kappa shape index (κ1) is 30.2. The lowest BCUT2D eigenvalue weighted by molar-refractivity contribution is -0.343. The van der Waals surface area contributed by atoms with E-state index in [1.165, 1.54) is 36.8 Å². The number of aryl methyl sites for hydroxylation is 1. The minimum Gasteiger partial charge on any atom is -0.370 e. The number of carbonyl (C=O) groups excluding carboxylic acids is 1. The lowest BCUT2D eigenvalue weighted by Crippen LogP contribution is -2.49. The summed E-state index contributed by atoms with van der Waals surface area (Å²) in [5.74, 6) is -0.256. The maximum absolute atomic E-state index is 13.0. The molecule has 1 aliphatic carbocycles. The predicted octanol–water partition coefficient (Wildman–Crippen LogP) is 7.16. The maximum Gasteiger partial charge on any atom is 0.245 e. The van der Waals surface area contributed by atoms with Crippen molar-refractivity contribution in [3.8, 4) is 0 Å². The fourth-order valence-corrected chi connectivity index (χ4v) is 7.00. The van der Waals surface area contributed by atoms with E-state index in [1.54, 1.807) is 0 Å². The number of hydrogen-bond donors (Lipinski definition) is 1. The molecule has 40 heavy (non-hydrogen) atoms. The van der Waals surface area contributed by atoms with Gasteiger partial charge in [-0.15, -0.1) is 0 Å². The molecule has 222 valence electrons. The zero-order chi connectivity index (χ0) is 27.8. The quantitative estimate of drug-likeness (QED) is 0.0791. The van der Waals surface area contributed by atoms with E-state index < -0.39 is 23.5 Å². The first-order chi connectivity index (χ1) is 19.5. The Hall–Kier alpha value is -1.22. The summed E-state index contributed by atoms with van der Waals surface area (Å²) in [4.78, 5) is 13.0. The number of epoxide rings is 1. The zero-order valence-corrected chi connectivity index (χ0v) is 24.9. The maximum atomic E-state index is 13.0. The number of thiol groups is 1. The molecule has 1 aromatic rings. The molecule has 1 saturated carbocycles. The van der Waals surface area contributed by atoms with E-state index in [1.807, 2.05) is 0 Å². The Bertz CT molecular complexity index is 922. The van der Waals surface area contributed by atoms with E-state index in [9.17, 15) is 4.79 Å². The van der Waals surface area contributed by atoms with E-state index >= 15 is 0 Å². The average Bonchev–Trinajstić information content (AvgIpc) is 3.64. The summed E-state index contributed by atoms with van der Waals surface area (Å²) >= 11 is 4.25. The second-order valence-corrected chi connectivity index (χ2v) is 12.6. The Morgan fingerprint density at radius 2 is 1.62 bits per heavy atom. The van der Waals surface area contributed by atoms with E-state index in [0.717, 1.165) is 57.8 Å². The van der Waals surface area contributed by atoms with Crippen molar-refractivity contribution < 1.29 is 28.5 Å². The van der Waals surface area contributed by atoms with Crippen LogP contribution in [0.4, 0.5) is 0 Å². The molecule has 5 rings (SSSR count). The molecular weight excluding hydrogens is 524 g/mol. The molecule has 0 aromatic heterocycles. The second-order valence-electron chi connectivity index (χ2n) is 12.2. The molecule has 1 aromatic carbocycles. The molecule has 0 N–H and O–H groups in total. The van der Waals surface area contributed by atoms with Crippen LogP contribution in [-0.4, -0.2) is 48.9 Å². The third kappa shape index (κ3) is 8.42. The number of rotatable bonds is 15. The van der Waals surface area contributed by atoms with Gasteiger partial charge < -0.3 is 23.7 Å². The fraction of sp³-hybridized carbons (Fsp3) is 0.727. The molecule has 0 bridgehead atoms. The Morgan fingerprint density at radius 1 is 0.925 bits per heavy atom. The van der Waals surface area contributed by atoms with Crippen molar-refractivity contribution in [1.82, 2.24) is 0 Å². The summed E-state index contributed by atoms with van der Waals surface area (Å²) in [5.41, 5.74) is 2.82. The molecule has 3 heterocycles. The van der Waals surface area contributed by atoms with Gasteiger partial charge in [0.2, 0.25) is 10.9 Å². The van der Waals surface area contributed by atoms with Crippen molar-refractivity contribution in [3.05, 3.63) is 48.0 Å². The van der Waals surface area contributed by atoms with Crippen LogP contribution in [0, 0.1) is 11.8 Å². The van der Waals surface area contributed by atoms with Gasteiger partial charge >= 0.3 is 0 Å². The largest absolute Gasteiger partial charge is 0.370 e. The zero-order valence-electron chi connectivity index (χ0n) is 24.0. The predicted molar refractivity (Wildman–Crippen MR) is 158 cm³/mol. The lowest BCUT2D eigenvalue weighted by Gasteiger charge is -2.38. The van der Waals surface area contributed by atoms with Gasteiger partial charge in [-0.05, 0) is 101 Å². The standard InChI is InChI=1S/C33H48O6S/c1-24-17-18-26(14-6-5-13-25-11-3-2-4-12-25)27(24)23-29-28(37-29)19-20-33(32(34)40,38-30-15-7-9-21-35-30)39-31-16-8-10-22-36-31/h2-4,11-12,26-31H,1,5-10,13-23H2,(H,34,40)/t26-,27-,28?,29+,30?,31?,33?/m0/s1. The molecule has 7 heteroatoms. The van der Waals surface area contributed by atoms with Crippen LogP contribution in [-0.2, 0) is 34.9 Å². The van der Waals surface area contributed by atoms with Crippen LogP contribution < -0.4 is 0 Å². The summed E-state index contributed by atoms with van der Waals surface area (Å²) in [6.07, 6.45) is 14.3. The number of unbranched alkanes of at least 4 members (excludes halogenated alkanes) is 1. The first-order valence-corrected chi connectivity index (χ1v) is 16.2. The molecule has 6 nitrogen and oxygen atoms in total. The van der Waals surface area contributed by atoms with Crippen LogP contribution in [0.15, 0.2) is 42.5 Å². The van der Waals surface area contributed by atoms with Crippen LogP contribution in [0.1, 0.15) is 95.5 Å². The van der Waals surface area contributed by atoms with Gasteiger partial charge in [-0.2, -0.15) is 0 Å². The van der Waals surface area contributed by atoms with E-state index in [-0.39, 0.29) is 12.2 Å². The molecule has 4 fully saturated rings. The minimum absolute atomic E-state index is 0.103. The van der Waals surface area contributed by atoms with Gasteiger partial charge in [0.25, 0.3) is 0 Å². The van der Waals surface area contributed by atoms with Crippen molar-refractivity contribution in [3.63, 3.8) is 0 Å². The second kappa shape index (κ2) is 14.8. The summed E-state index contributed by atoms with van der Waals surface area (Å²) in [6, 6.07) is 10.8. The van der Waals surface area contributed by atoms with Gasteiger partial charge in [-0.1, -0.05) is 61.5 Å². The molecule has 0 amide bonds. The molecule has 3 unspecified atom stereocenters.